The lowest BCUT2D eigenvalue weighted by Gasteiger charge is -2.27. The van der Waals surface area contributed by atoms with E-state index in [0.717, 1.165) is 46.3 Å². The first-order valence-electron chi connectivity index (χ1n) is 13.6. The predicted molar refractivity (Wildman–Crippen MR) is 154 cm³/mol. The molecule has 0 spiro atoms. The number of nitrogens with one attached hydrogen (secondary N) is 2. The highest BCUT2D eigenvalue weighted by atomic mass is 32.1. The van der Waals surface area contributed by atoms with Crippen LogP contribution in [0.1, 0.15) is 73.3 Å². The second-order valence-corrected chi connectivity index (χ2v) is 11.9. The molecule has 1 fully saturated rings. The van der Waals surface area contributed by atoms with Crippen LogP contribution in [-0.4, -0.2) is 31.3 Å². The maximum Gasteiger partial charge on any atom is 0.278 e. The zero-order valence-electron chi connectivity index (χ0n) is 22.2. The van der Waals surface area contributed by atoms with Gasteiger partial charge in [0.1, 0.15) is 23.4 Å². The van der Waals surface area contributed by atoms with E-state index in [-0.39, 0.29) is 29.3 Å². The molecule has 2 amide bonds. The molecule has 11 heteroatoms. The second kappa shape index (κ2) is 10.8. The van der Waals surface area contributed by atoms with Gasteiger partial charge >= 0.3 is 0 Å². The highest BCUT2D eigenvalue weighted by Crippen LogP contribution is 2.36. The topological polar surface area (TPSA) is 145 Å². The van der Waals surface area contributed by atoms with Crippen LogP contribution in [0, 0.1) is 5.92 Å². The number of nitrogens with two attached hydrogens (primary N) is 1. The minimum atomic E-state index is -0.692. The average molecular weight is 558 g/mol. The van der Waals surface area contributed by atoms with Gasteiger partial charge in [0.25, 0.3) is 5.56 Å². The summed E-state index contributed by atoms with van der Waals surface area (Å²) in [7, 11) is 0. The van der Waals surface area contributed by atoms with E-state index in [1.807, 2.05) is 37.3 Å². The van der Waals surface area contributed by atoms with Crippen LogP contribution in [0.3, 0.4) is 0 Å². The number of aromatic nitrogens is 4. The molecule has 0 radical (unpaired) electrons. The number of carbonyl (C=O) groups is 2. The van der Waals surface area contributed by atoms with E-state index >= 15 is 0 Å². The van der Waals surface area contributed by atoms with Crippen LogP contribution < -0.4 is 21.9 Å². The van der Waals surface area contributed by atoms with Gasteiger partial charge in [-0.05, 0) is 56.4 Å². The van der Waals surface area contributed by atoms with Gasteiger partial charge in [-0.3, -0.25) is 23.9 Å². The number of carbonyl (C=O) groups excluding carboxylic acids is 2. The van der Waals surface area contributed by atoms with Gasteiger partial charge in [-0.2, -0.15) is 0 Å². The molecule has 0 aromatic carbocycles. The fourth-order valence-corrected chi connectivity index (χ4v) is 6.91. The van der Waals surface area contributed by atoms with Gasteiger partial charge in [0.05, 0.1) is 12.7 Å². The number of fused-ring (bicyclic) bond motifs is 2. The molecular formula is C29H31N7O3S. The van der Waals surface area contributed by atoms with Gasteiger partial charge in [-0.15, -0.1) is 11.3 Å². The van der Waals surface area contributed by atoms with Crippen molar-refractivity contribution in [1.82, 2.24) is 24.8 Å². The zero-order chi connectivity index (χ0) is 27.8. The number of pyridine rings is 2. The van der Waals surface area contributed by atoms with Gasteiger partial charge in [-0.1, -0.05) is 13.0 Å². The van der Waals surface area contributed by atoms with Crippen LogP contribution in [0.2, 0.25) is 0 Å². The van der Waals surface area contributed by atoms with Gasteiger partial charge in [0, 0.05) is 50.8 Å². The van der Waals surface area contributed by atoms with E-state index in [9.17, 15) is 14.4 Å². The molecule has 4 aromatic rings. The molecule has 0 bridgehead atoms. The highest BCUT2D eigenvalue weighted by molar-refractivity contribution is 7.19. The van der Waals surface area contributed by atoms with Crippen molar-refractivity contribution in [3.63, 3.8) is 0 Å². The Labute approximate surface area is 235 Å². The Hall–Kier alpha value is -4.12. The van der Waals surface area contributed by atoms with Gasteiger partial charge in [0.15, 0.2) is 0 Å². The van der Waals surface area contributed by atoms with Crippen molar-refractivity contribution in [3.05, 3.63) is 75.7 Å². The summed E-state index contributed by atoms with van der Waals surface area (Å²) in [6.45, 7) is 2.28. The van der Waals surface area contributed by atoms with Gasteiger partial charge < -0.3 is 16.4 Å². The molecular weight excluding hydrogens is 526 g/mol. The lowest BCUT2D eigenvalue weighted by atomic mass is 9.80. The van der Waals surface area contributed by atoms with Crippen molar-refractivity contribution < 1.29 is 9.59 Å². The summed E-state index contributed by atoms with van der Waals surface area (Å²) in [4.78, 5) is 53.9. The third-order valence-electron chi connectivity index (χ3n) is 8.03. The summed E-state index contributed by atoms with van der Waals surface area (Å²) in [6, 6.07) is 9.02. The normalized spacial score (nSPS) is 22.1. The fourth-order valence-electron chi connectivity index (χ4n) is 5.89. The zero-order valence-corrected chi connectivity index (χ0v) is 23.0. The molecule has 10 nitrogen and oxygen atoms in total. The van der Waals surface area contributed by atoms with E-state index in [0.29, 0.717) is 30.5 Å². The summed E-state index contributed by atoms with van der Waals surface area (Å²) in [5.74, 6) is 0.694. The number of hydrogen-bond acceptors (Lipinski definition) is 8. The van der Waals surface area contributed by atoms with E-state index in [1.54, 1.807) is 23.7 Å². The van der Waals surface area contributed by atoms with Crippen molar-refractivity contribution in [2.24, 2.45) is 5.92 Å². The number of anilines is 2. The average Bonchev–Trinajstić information content (AvgIpc) is 3.54. The molecule has 1 saturated carbocycles. The van der Waals surface area contributed by atoms with Gasteiger partial charge in [-0.25, -0.2) is 9.97 Å². The summed E-state index contributed by atoms with van der Waals surface area (Å²) in [5.41, 5.74) is 6.56. The SMILES string of the molecule is C[C@@H]1C[C@@H](C(=O)NCc2cc3cnc(N)cc3s2)n2c1ncc(NC(=O)C1CCC(c3ccccn3)CC1)c2=O. The summed E-state index contributed by atoms with van der Waals surface area (Å²) in [6.07, 6.45) is 8.63. The fraction of sp³-hybridized carbons (Fsp3) is 0.379. The molecule has 1 aliphatic heterocycles. The summed E-state index contributed by atoms with van der Waals surface area (Å²) < 4.78 is 2.45. The Kier molecular flexibility index (Phi) is 7.05. The van der Waals surface area contributed by atoms with E-state index in [1.165, 1.54) is 10.8 Å². The first-order chi connectivity index (χ1) is 19.4. The van der Waals surface area contributed by atoms with Crippen molar-refractivity contribution in [2.45, 2.75) is 63.5 Å². The Morgan fingerprint density at radius 1 is 1.07 bits per heavy atom. The van der Waals surface area contributed by atoms with Crippen molar-refractivity contribution in [1.29, 1.82) is 0 Å². The molecule has 0 saturated heterocycles. The first kappa shape index (κ1) is 26.1. The lowest BCUT2D eigenvalue weighted by Crippen LogP contribution is -2.37. The molecule has 2 atom stereocenters. The van der Waals surface area contributed by atoms with Gasteiger partial charge in [0.2, 0.25) is 11.8 Å². The minimum Gasteiger partial charge on any atom is -0.384 e. The molecule has 5 heterocycles. The number of rotatable bonds is 6. The van der Waals surface area contributed by atoms with E-state index < -0.39 is 11.6 Å². The Morgan fingerprint density at radius 2 is 1.90 bits per heavy atom. The molecule has 0 unspecified atom stereocenters. The minimum absolute atomic E-state index is 0.0616. The third kappa shape index (κ3) is 5.08. The highest BCUT2D eigenvalue weighted by Gasteiger charge is 2.36. The number of thiophene rings is 1. The van der Waals surface area contributed by atoms with Crippen molar-refractivity contribution in [2.75, 3.05) is 11.1 Å². The smallest absolute Gasteiger partial charge is 0.278 e. The molecule has 4 aromatic heterocycles. The Bertz CT molecular complexity index is 1630. The van der Waals surface area contributed by atoms with Crippen LogP contribution in [0.4, 0.5) is 11.5 Å². The standard InChI is InChI=1S/C29H31N7O3S/c1-16-10-23(28(38)34-14-20-11-19-13-32-25(30)12-24(19)40-20)36-26(16)33-15-22(29(36)39)35-27(37)18-7-5-17(6-8-18)21-4-2-3-9-31-21/h2-4,9,11-13,15-18,23H,5-8,10,14H2,1H3,(H2,30,32)(H,34,38)(H,35,37)/t16-,17?,18?,23+/m1/s1. The summed E-state index contributed by atoms with van der Waals surface area (Å²) in [5, 5.41) is 6.76. The molecule has 2 aliphatic rings. The molecule has 4 N–H and O–H groups in total. The number of nitrogens with zero attached hydrogens (tertiary/aromatic N) is 4. The molecule has 206 valence electrons. The van der Waals surface area contributed by atoms with Crippen molar-refractivity contribution >= 4 is 44.7 Å². The second-order valence-electron chi connectivity index (χ2n) is 10.7. The Balaban J connectivity index is 1.12. The van der Waals surface area contributed by atoms with E-state index in [4.69, 9.17) is 5.73 Å². The van der Waals surface area contributed by atoms with Crippen LogP contribution in [0.5, 0.6) is 0 Å². The summed E-state index contributed by atoms with van der Waals surface area (Å²) >= 11 is 1.54. The number of hydrogen-bond donors (Lipinski definition) is 3. The largest absolute Gasteiger partial charge is 0.384 e. The number of nitrogen functional groups attached to an aromatic ring is 1. The van der Waals surface area contributed by atoms with Crippen LogP contribution >= 0.6 is 11.3 Å². The monoisotopic (exact) mass is 557 g/mol. The lowest BCUT2D eigenvalue weighted by molar-refractivity contribution is -0.124. The first-order valence-corrected chi connectivity index (χ1v) is 14.4. The maximum absolute atomic E-state index is 13.5. The Morgan fingerprint density at radius 3 is 2.67 bits per heavy atom. The maximum atomic E-state index is 13.5. The number of amides is 2. The van der Waals surface area contributed by atoms with Crippen molar-refractivity contribution in [3.8, 4) is 0 Å². The molecule has 40 heavy (non-hydrogen) atoms. The molecule has 6 rings (SSSR count). The van der Waals surface area contributed by atoms with Crippen LogP contribution in [-0.2, 0) is 16.1 Å². The van der Waals surface area contributed by atoms with Crippen LogP contribution in [0.15, 0.2) is 53.7 Å². The third-order valence-corrected chi connectivity index (χ3v) is 9.12. The quantitative estimate of drug-likeness (QED) is 0.324. The predicted octanol–water partition coefficient (Wildman–Crippen LogP) is 4.11. The van der Waals surface area contributed by atoms with E-state index in [2.05, 4.69) is 25.6 Å². The van der Waals surface area contributed by atoms with Crippen LogP contribution in [0.25, 0.3) is 10.1 Å². The molecule has 1 aliphatic carbocycles.